The van der Waals surface area contributed by atoms with Crippen LogP contribution in [0.5, 0.6) is 0 Å². The largest absolute Gasteiger partial charge is 0.309 e. The Morgan fingerprint density at radius 3 is 3.06 bits per heavy atom. The minimum atomic E-state index is -0.334. The minimum Gasteiger partial charge on any atom is -0.309 e. The summed E-state index contributed by atoms with van der Waals surface area (Å²) in [6.45, 7) is 0.637. The Bertz CT molecular complexity index is 422. The van der Waals surface area contributed by atoms with Crippen LogP contribution in [0.3, 0.4) is 0 Å². The van der Waals surface area contributed by atoms with Gasteiger partial charge in [0.25, 0.3) is 0 Å². The maximum Gasteiger partial charge on any atom is 0.124 e. The topological polar surface area (TPSA) is 35.8 Å². The van der Waals surface area contributed by atoms with Gasteiger partial charge in [0.05, 0.1) is 11.6 Å². The lowest BCUT2D eigenvalue weighted by Crippen LogP contribution is -2.33. The Morgan fingerprint density at radius 2 is 2.35 bits per heavy atom. The smallest absolute Gasteiger partial charge is 0.124 e. The van der Waals surface area contributed by atoms with Gasteiger partial charge in [-0.05, 0) is 42.4 Å². The normalized spacial score (nSPS) is 19.9. The van der Waals surface area contributed by atoms with Crippen molar-refractivity contribution in [3.63, 3.8) is 0 Å². The fraction of sp³-hybridized carbons (Fsp3) is 0.462. The first kappa shape index (κ1) is 12.4. The zero-order valence-electron chi connectivity index (χ0n) is 9.58. The highest BCUT2D eigenvalue weighted by atomic mass is 32.2. The summed E-state index contributed by atoms with van der Waals surface area (Å²) in [5.74, 6) is 2.04. The van der Waals surface area contributed by atoms with Gasteiger partial charge in [0.15, 0.2) is 0 Å². The van der Waals surface area contributed by atoms with Gasteiger partial charge in [-0.3, -0.25) is 0 Å². The van der Waals surface area contributed by atoms with Gasteiger partial charge in [0.2, 0.25) is 0 Å². The lowest BCUT2D eigenvalue weighted by atomic mass is 10.1. The number of thioether (sulfide) groups is 1. The summed E-state index contributed by atoms with van der Waals surface area (Å²) in [4.78, 5) is 0. The molecule has 0 aliphatic carbocycles. The van der Waals surface area contributed by atoms with Gasteiger partial charge < -0.3 is 5.32 Å². The third-order valence-electron chi connectivity index (χ3n) is 2.84. The molecule has 1 heterocycles. The Balaban J connectivity index is 1.94. The zero-order valence-corrected chi connectivity index (χ0v) is 10.4. The van der Waals surface area contributed by atoms with Crippen molar-refractivity contribution < 1.29 is 4.39 Å². The van der Waals surface area contributed by atoms with E-state index >= 15 is 0 Å². The molecule has 1 atom stereocenters. The van der Waals surface area contributed by atoms with Crippen LogP contribution in [0.1, 0.15) is 24.0 Å². The van der Waals surface area contributed by atoms with Crippen LogP contribution in [0.2, 0.25) is 0 Å². The molecule has 90 valence electrons. The first-order valence-electron chi connectivity index (χ1n) is 5.78. The SMILES string of the molecule is N#Cc1cc(F)cc(CNC2CCCSC2)c1. The number of nitriles is 1. The molecule has 0 spiro atoms. The monoisotopic (exact) mass is 250 g/mol. The van der Waals surface area contributed by atoms with E-state index in [-0.39, 0.29) is 5.82 Å². The second-order valence-corrected chi connectivity index (χ2v) is 5.40. The molecule has 0 amide bonds. The lowest BCUT2D eigenvalue weighted by molar-refractivity contribution is 0.506. The molecule has 0 bridgehead atoms. The number of benzene rings is 1. The van der Waals surface area contributed by atoms with Crippen LogP contribution in [0, 0.1) is 17.1 Å². The number of hydrogen-bond donors (Lipinski definition) is 1. The highest BCUT2D eigenvalue weighted by molar-refractivity contribution is 7.99. The van der Waals surface area contributed by atoms with Crippen LogP contribution in [-0.2, 0) is 6.54 Å². The highest BCUT2D eigenvalue weighted by Gasteiger charge is 2.12. The van der Waals surface area contributed by atoms with Crippen LogP contribution < -0.4 is 5.32 Å². The van der Waals surface area contributed by atoms with E-state index in [2.05, 4.69) is 5.32 Å². The molecule has 17 heavy (non-hydrogen) atoms. The van der Waals surface area contributed by atoms with Crippen molar-refractivity contribution in [3.8, 4) is 6.07 Å². The van der Waals surface area contributed by atoms with Crippen LogP contribution in [-0.4, -0.2) is 17.5 Å². The van der Waals surface area contributed by atoms with Crippen LogP contribution in [0.25, 0.3) is 0 Å². The fourth-order valence-electron chi connectivity index (χ4n) is 1.98. The molecular weight excluding hydrogens is 235 g/mol. The molecule has 2 nitrogen and oxygen atoms in total. The standard InChI is InChI=1S/C13H15FN2S/c14-12-5-10(7-15)4-11(6-12)8-16-13-2-1-3-17-9-13/h4-6,13,16H,1-3,8-9H2. The third-order valence-corrected chi connectivity index (χ3v) is 4.06. The molecule has 2 rings (SSSR count). The quantitative estimate of drug-likeness (QED) is 0.896. The van der Waals surface area contributed by atoms with Crippen molar-refractivity contribution in [2.75, 3.05) is 11.5 Å². The van der Waals surface area contributed by atoms with Gasteiger partial charge in [-0.25, -0.2) is 4.39 Å². The van der Waals surface area contributed by atoms with Crippen molar-refractivity contribution >= 4 is 11.8 Å². The molecule has 0 aromatic heterocycles. The molecule has 1 aromatic carbocycles. The Hall–Kier alpha value is -1.05. The summed E-state index contributed by atoms with van der Waals surface area (Å²) >= 11 is 1.96. The molecule has 1 aliphatic rings. The predicted octanol–water partition coefficient (Wildman–Crippen LogP) is 2.68. The van der Waals surface area contributed by atoms with E-state index in [9.17, 15) is 4.39 Å². The van der Waals surface area contributed by atoms with Crippen molar-refractivity contribution in [1.82, 2.24) is 5.32 Å². The van der Waals surface area contributed by atoms with Crippen LogP contribution in [0.4, 0.5) is 4.39 Å². The number of hydrogen-bond acceptors (Lipinski definition) is 3. The van der Waals surface area contributed by atoms with Crippen molar-refractivity contribution in [2.45, 2.75) is 25.4 Å². The Labute approximate surface area is 105 Å². The lowest BCUT2D eigenvalue weighted by Gasteiger charge is -2.22. The van der Waals surface area contributed by atoms with Crippen molar-refractivity contribution in [1.29, 1.82) is 5.26 Å². The summed E-state index contributed by atoms with van der Waals surface area (Å²) in [6, 6.07) is 6.99. The van der Waals surface area contributed by atoms with E-state index in [1.807, 2.05) is 17.8 Å². The summed E-state index contributed by atoms with van der Waals surface area (Å²) in [5, 5.41) is 12.2. The molecule has 1 aromatic rings. The molecule has 0 radical (unpaired) electrons. The van der Waals surface area contributed by atoms with Gasteiger partial charge in [0, 0.05) is 18.3 Å². The predicted molar refractivity (Wildman–Crippen MR) is 68.3 cm³/mol. The number of nitrogens with zero attached hydrogens (tertiary/aromatic N) is 1. The van der Waals surface area contributed by atoms with Gasteiger partial charge in [0.1, 0.15) is 5.82 Å². The van der Waals surface area contributed by atoms with Gasteiger partial charge >= 0.3 is 0 Å². The highest BCUT2D eigenvalue weighted by Crippen LogP contribution is 2.17. The molecule has 1 unspecified atom stereocenters. The number of rotatable bonds is 3. The van der Waals surface area contributed by atoms with Crippen molar-refractivity contribution in [2.24, 2.45) is 0 Å². The first-order chi connectivity index (χ1) is 8.28. The maximum absolute atomic E-state index is 13.2. The Kier molecular flexibility index (Phi) is 4.41. The molecule has 1 saturated heterocycles. The average molecular weight is 250 g/mol. The summed E-state index contributed by atoms with van der Waals surface area (Å²) < 4.78 is 13.2. The zero-order chi connectivity index (χ0) is 12.1. The second kappa shape index (κ2) is 6.04. The molecule has 1 aliphatic heterocycles. The van der Waals surface area contributed by atoms with Crippen LogP contribution in [0.15, 0.2) is 18.2 Å². The van der Waals surface area contributed by atoms with E-state index in [0.717, 1.165) is 11.3 Å². The van der Waals surface area contributed by atoms with Crippen molar-refractivity contribution in [3.05, 3.63) is 35.1 Å². The van der Waals surface area contributed by atoms with E-state index in [0.29, 0.717) is 18.2 Å². The summed E-state index contributed by atoms with van der Waals surface area (Å²) in [5.41, 5.74) is 1.23. The minimum absolute atomic E-state index is 0.334. The number of nitrogens with one attached hydrogen (secondary N) is 1. The van der Waals surface area contributed by atoms with Gasteiger partial charge in [-0.15, -0.1) is 0 Å². The molecule has 1 N–H and O–H groups in total. The van der Waals surface area contributed by atoms with E-state index < -0.39 is 0 Å². The van der Waals surface area contributed by atoms with E-state index in [1.165, 1.54) is 30.7 Å². The molecular formula is C13H15FN2S. The summed E-state index contributed by atoms with van der Waals surface area (Å²) in [6.07, 6.45) is 2.43. The maximum atomic E-state index is 13.2. The van der Waals surface area contributed by atoms with Gasteiger partial charge in [-0.2, -0.15) is 17.0 Å². The molecule has 1 fully saturated rings. The molecule has 0 saturated carbocycles. The van der Waals surface area contributed by atoms with E-state index in [1.54, 1.807) is 6.07 Å². The van der Waals surface area contributed by atoms with E-state index in [4.69, 9.17) is 5.26 Å². The fourth-order valence-corrected chi connectivity index (χ4v) is 3.09. The summed E-state index contributed by atoms with van der Waals surface area (Å²) in [7, 11) is 0. The average Bonchev–Trinajstić information content (AvgIpc) is 2.37. The van der Waals surface area contributed by atoms with Crippen LogP contribution >= 0.6 is 11.8 Å². The second-order valence-electron chi connectivity index (χ2n) is 4.25. The number of halogens is 1. The molecule has 4 heteroatoms. The Morgan fingerprint density at radius 1 is 1.47 bits per heavy atom. The first-order valence-corrected chi connectivity index (χ1v) is 6.94. The van der Waals surface area contributed by atoms with Gasteiger partial charge in [-0.1, -0.05) is 0 Å². The third kappa shape index (κ3) is 3.72.